The van der Waals surface area contributed by atoms with Gasteiger partial charge in [-0.1, -0.05) is 247 Å². The molecule has 0 aliphatic heterocycles. The van der Waals surface area contributed by atoms with Crippen LogP contribution in [-0.4, -0.2) is 37.2 Å². The molecule has 0 aromatic rings. The summed E-state index contributed by atoms with van der Waals surface area (Å²) in [6.45, 7) is 13.7. The van der Waals surface area contributed by atoms with Crippen molar-refractivity contribution in [2.45, 2.75) is 292 Å². The van der Waals surface area contributed by atoms with Gasteiger partial charge in [-0.05, 0) is 37.0 Å². The number of ether oxygens (including phenoxy) is 3. The van der Waals surface area contributed by atoms with Crippen LogP contribution in [0.1, 0.15) is 286 Å². The molecule has 0 heterocycles. The predicted octanol–water partition coefficient (Wildman–Crippen LogP) is 16.8. The maximum atomic E-state index is 12.8. The Bertz CT molecular complexity index is 916. The first-order chi connectivity index (χ1) is 28.6. The van der Waals surface area contributed by atoms with Crippen LogP contribution in [0, 0.1) is 17.8 Å². The van der Waals surface area contributed by atoms with Crippen LogP contribution >= 0.6 is 0 Å². The van der Waals surface area contributed by atoms with Gasteiger partial charge in [-0.3, -0.25) is 14.4 Å². The minimum Gasteiger partial charge on any atom is -0.462 e. The van der Waals surface area contributed by atoms with Crippen LogP contribution in [0.4, 0.5) is 0 Å². The van der Waals surface area contributed by atoms with Crippen molar-refractivity contribution >= 4 is 17.9 Å². The monoisotopic (exact) mass is 835 g/mol. The highest BCUT2D eigenvalue weighted by Crippen LogP contribution is 2.18. The first-order valence-electron chi connectivity index (χ1n) is 26.1. The van der Waals surface area contributed by atoms with Gasteiger partial charge in [-0.25, -0.2) is 0 Å². The van der Waals surface area contributed by atoms with E-state index in [0.717, 1.165) is 75.5 Å². The molecule has 59 heavy (non-hydrogen) atoms. The molecule has 6 heteroatoms. The Morgan fingerprint density at radius 1 is 0.339 bits per heavy atom. The van der Waals surface area contributed by atoms with Gasteiger partial charge in [0.1, 0.15) is 13.2 Å². The molecule has 6 nitrogen and oxygen atoms in total. The van der Waals surface area contributed by atoms with Gasteiger partial charge < -0.3 is 14.2 Å². The molecule has 1 unspecified atom stereocenters. The molecule has 0 aliphatic carbocycles. The molecule has 0 bridgehead atoms. The third-order valence-corrected chi connectivity index (χ3v) is 12.3. The zero-order valence-corrected chi connectivity index (χ0v) is 40.5. The van der Waals surface area contributed by atoms with Gasteiger partial charge in [0, 0.05) is 19.3 Å². The highest BCUT2D eigenvalue weighted by atomic mass is 16.6. The van der Waals surface area contributed by atoms with E-state index in [1.54, 1.807) is 0 Å². The van der Waals surface area contributed by atoms with Gasteiger partial charge in [0.25, 0.3) is 0 Å². The average Bonchev–Trinajstić information content (AvgIpc) is 3.20. The van der Waals surface area contributed by atoms with Crippen LogP contribution in [-0.2, 0) is 28.6 Å². The standard InChI is InChI=1S/C53H102O6/c1-7-49(6)41-35-29-23-17-12-10-8-9-11-13-18-24-30-36-42-51(54)57-45-50(46-58-52(55)43-37-31-26-20-22-28-34-40-48(4)5)59-53(56)44-38-32-25-19-15-14-16-21-27-33-39-47(2)3/h47-50H,7-46H2,1-6H3/t49?,50-/m0/s1. The van der Waals surface area contributed by atoms with Crippen LogP contribution in [0.2, 0.25) is 0 Å². The van der Waals surface area contributed by atoms with Gasteiger partial charge in [0.2, 0.25) is 0 Å². The Hall–Kier alpha value is -1.59. The maximum absolute atomic E-state index is 12.8. The van der Waals surface area contributed by atoms with Gasteiger partial charge in [0.05, 0.1) is 0 Å². The van der Waals surface area contributed by atoms with Crippen LogP contribution in [0.3, 0.4) is 0 Å². The summed E-state index contributed by atoms with van der Waals surface area (Å²) < 4.78 is 16.8. The fourth-order valence-electron chi connectivity index (χ4n) is 7.91. The summed E-state index contributed by atoms with van der Waals surface area (Å²) in [4.78, 5) is 37.9. The van der Waals surface area contributed by atoms with Crippen LogP contribution < -0.4 is 0 Å². The third kappa shape index (κ3) is 45.8. The lowest BCUT2D eigenvalue weighted by atomic mass is 9.99. The van der Waals surface area contributed by atoms with E-state index in [9.17, 15) is 14.4 Å². The smallest absolute Gasteiger partial charge is 0.306 e. The quantitative estimate of drug-likeness (QED) is 0.0345. The van der Waals surface area contributed by atoms with Crippen molar-refractivity contribution in [3.05, 3.63) is 0 Å². The van der Waals surface area contributed by atoms with Crippen molar-refractivity contribution in [1.29, 1.82) is 0 Å². The summed E-state index contributed by atoms with van der Waals surface area (Å²) in [6, 6.07) is 0. The molecule has 0 spiro atoms. The molecule has 0 amide bonds. The second-order valence-corrected chi connectivity index (χ2v) is 19.4. The molecular formula is C53H102O6. The second kappa shape index (κ2) is 44.5. The Kier molecular flexibility index (Phi) is 43.3. The van der Waals surface area contributed by atoms with E-state index in [-0.39, 0.29) is 31.1 Å². The largest absolute Gasteiger partial charge is 0.462 e. The Morgan fingerprint density at radius 3 is 0.881 bits per heavy atom. The fourth-order valence-corrected chi connectivity index (χ4v) is 7.91. The molecule has 0 fully saturated rings. The highest BCUT2D eigenvalue weighted by Gasteiger charge is 2.19. The van der Waals surface area contributed by atoms with Gasteiger partial charge in [0.15, 0.2) is 6.10 Å². The Balaban J connectivity index is 4.27. The minimum atomic E-state index is -0.763. The topological polar surface area (TPSA) is 78.9 Å². The summed E-state index contributed by atoms with van der Waals surface area (Å²) in [5.41, 5.74) is 0. The van der Waals surface area contributed by atoms with E-state index < -0.39 is 6.10 Å². The van der Waals surface area contributed by atoms with Crippen LogP contribution in [0.25, 0.3) is 0 Å². The fraction of sp³-hybridized carbons (Fsp3) is 0.943. The predicted molar refractivity (Wildman–Crippen MR) is 252 cm³/mol. The zero-order chi connectivity index (χ0) is 43.4. The van der Waals surface area contributed by atoms with Crippen LogP contribution in [0.15, 0.2) is 0 Å². The number of carbonyl (C=O) groups is 3. The van der Waals surface area contributed by atoms with Crippen LogP contribution in [0.5, 0.6) is 0 Å². The molecule has 0 saturated carbocycles. The summed E-state index contributed by atoms with van der Waals surface area (Å²) in [5.74, 6) is 1.64. The van der Waals surface area contributed by atoms with Crippen molar-refractivity contribution in [2.24, 2.45) is 17.8 Å². The molecule has 2 atom stereocenters. The number of carbonyl (C=O) groups excluding carboxylic acids is 3. The van der Waals surface area contributed by atoms with Crippen molar-refractivity contribution in [1.82, 2.24) is 0 Å². The minimum absolute atomic E-state index is 0.0651. The molecule has 0 aliphatic rings. The van der Waals surface area contributed by atoms with E-state index in [2.05, 4.69) is 41.5 Å². The van der Waals surface area contributed by atoms with E-state index in [4.69, 9.17) is 14.2 Å². The molecule has 0 rings (SSSR count). The maximum Gasteiger partial charge on any atom is 0.306 e. The first kappa shape index (κ1) is 57.4. The van der Waals surface area contributed by atoms with Crippen molar-refractivity contribution in [3.8, 4) is 0 Å². The number of rotatable bonds is 46. The van der Waals surface area contributed by atoms with E-state index in [0.29, 0.717) is 19.3 Å². The lowest BCUT2D eigenvalue weighted by Crippen LogP contribution is -2.30. The molecule has 0 saturated heterocycles. The molecule has 0 radical (unpaired) electrons. The molecule has 0 N–H and O–H groups in total. The summed E-state index contributed by atoms with van der Waals surface area (Å²) >= 11 is 0. The zero-order valence-electron chi connectivity index (χ0n) is 40.5. The number of unbranched alkanes of at least 4 members (excludes halogenated alkanes) is 28. The third-order valence-electron chi connectivity index (χ3n) is 12.3. The van der Waals surface area contributed by atoms with Gasteiger partial charge in [-0.15, -0.1) is 0 Å². The SMILES string of the molecule is CCC(C)CCCCCCCCCCCCCCCCC(=O)OC[C@@H](COC(=O)CCCCCCCCCC(C)C)OC(=O)CCCCCCCCCCCCC(C)C. The van der Waals surface area contributed by atoms with Gasteiger partial charge in [-0.2, -0.15) is 0 Å². The first-order valence-corrected chi connectivity index (χ1v) is 26.1. The molecule has 0 aromatic heterocycles. The normalized spacial score (nSPS) is 12.6. The van der Waals surface area contributed by atoms with Crippen molar-refractivity contribution < 1.29 is 28.6 Å². The molecular weight excluding hydrogens is 733 g/mol. The number of hydrogen-bond acceptors (Lipinski definition) is 6. The van der Waals surface area contributed by atoms with Gasteiger partial charge >= 0.3 is 17.9 Å². The summed E-state index contributed by atoms with van der Waals surface area (Å²) in [5, 5.41) is 0. The highest BCUT2D eigenvalue weighted by molar-refractivity contribution is 5.71. The number of esters is 3. The van der Waals surface area contributed by atoms with E-state index >= 15 is 0 Å². The second-order valence-electron chi connectivity index (χ2n) is 19.4. The lowest BCUT2D eigenvalue weighted by Gasteiger charge is -2.18. The van der Waals surface area contributed by atoms with Crippen molar-refractivity contribution in [2.75, 3.05) is 13.2 Å². The Labute approximate surface area is 368 Å². The summed E-state index contributed by atoms with van der Waals surface area (Å²) in [7, 11) is 0. The average molecular weight is 835 g/mol. The van der Waals surface area contributed by atoms with Crippen molar-refractivity contribution in [3.63, 3.8) is 0 Å². The number of hydrogen-bond donors (Lipinski definition) is 0. The Morgan fingerprint density at radius 2 is 0.593 bits per heavy atom. The lowest BCUT2D eigenvalue weighted by molar-refractivity contribution is -0.167. The van der Waals surface area contributed by atoms with E-state index in [1.807, 2.05) is 0 Å². The molecule has 0 aromatic carbocycles. The van der Waals surface area contributed by atoms with E-state index in [1.165, 1.54) is 167 Å². The molecule has 350 valence electrons. The summed E-state index contributed by atoms with van der Waals surface area (Å²) in [6.07, 6.45) is 43.8.